The number of nitrogens with one attached hydrogen (secondary N) is 1. The summed E-state index contributed by atoms with van der Waals surface area (Å²) in [4.78, 5) is 60.5. The van der Waals surface area contributed by atoms with Crippen molar-refractivity contribution in [3.63, 3.8) is 0 Å². The van der Waals surface area contributed by atoms with Gasteiger partial charge in [-0.05, 0) is 127 Å². The molecular weight excluding hydrogens is 829 g/mol. The first-order valence-electron chi connectivity index (χ1n) is 22.2. The smallest absolute Gasteiger partial charge is 0.352 e. The Kier molecular flexibility index (Phi) is 17.0. The van der Waals surface area contributed by atoms with Crippen molar-refractivity contribution in [1.29, 1.82) is 0 Å². The third kappa shape index (κ3) is 13.1. The third-order valence-electron chi connectivity index (χ3n) is 12.2. The lowest BCUT2D eigenvalue weighted by atomic mass is 9.86. The Morgan fingerprint density at radius 1 is 0.710 bits per heavy atom. The van der Waals surface area contributed by atoms with Gasteiger partial charge in [0.1, 0.15) is 11.4 Å². The number of carboxylic acids is 2. The van der Waals surface area contributed by atoms with Gasteiger partial charge in [-0.15, -0.1) is 22.7 Å². The molecule has 2 aliphatic carbocycles. The second-order valence-corrected chi connectivity index (χ2v) is 18.9. The normalized spacial score (nSPS) is 21.5. The van der Waals surface area contributed by atoms with Gasteiger partial charge in [-0.3, -0.25) is 14.4 Å². The fourth-order valence-electron chi connectivity index (χ4n) is 8.76. The third-order valence-corrected chi connectivity index (χ3v) is 14.1. The number of carbonyl (C=O) groups is 4. The van der Waals surface area contributed by atoms with Crippen LogP contribution in [0.15, 0.2) is 35.3 Å². The largest absolute Gasteiger partial charge is 0.481 e. The number of carboxylic acid groups (broad SMARTS) is 2. The predicted octanol–water partition coefficient (Wildman–Crippen LogP) is 7.33. The van der Waals surface area contributed by atoms with Gasteiger partial charge < -0.3 is 44.9 Å². The zero-order valence-corrected chi connectivity index (χ0v) is 38.1. The maximum absolute atomic E-state index is 12.9. The molecule has 0 bridgehead atoms. The summed E-state index contributed by atoms with van der Waals surface area (Å²) in [6, 6.07) is 3.95. The van der Waals surface area contributed by atoms with E-state index in [1.807, 2.05) is 42.3 Å². The number of aliphatic carboxylic acids is 1. The van der Waals surface area contributed by atoms with Crippen LogP contribution in [0.3, 0.4) is 0 Å². The van der Waals surface area contributed by atoms with Gasteiger partial charge in [-0.25, -0.2) is 14.8 Å². The van der Waals surface area contributed by atoms with Crippen LogP contribution < -0.4 is 20.9 Å². The topological polar surface area (TPSA) is 198 Å². The molecule has 0 spiro atoms. The second-order valence-electron chi connectivity index (χ2n) is 17.2. The van der Waals surface area contributed by atoms with Gasteiger partial charge in [0.2, 0.25) is 0 Å². The molecule has 0 radical (unpaired) electrons. The van der Waals surface area contributed by atoms with Crippen molar-refractivity contribution in [3.05, 3.63) is 69.2 Å². The van der Waals surface area contributed by atoms with E-state index in [1.165, 1.54) is 45.6 Å². The molecule has 4 aliphatic rings. The van der Waals surface area contributed by atoms with Crippen molar-refractivity contribution in [3.8, 4) is 0 Å². The quantitative estimate of drug-likeness (QED) is 0.110. The van der Waals surface area contributed by atoms with Crippen LogP contribution in [0.5, 0.6) is 0 Å². The first kappa shape index (κ1) is 46.8. The molecule has 4 aromatic rings. The number of rotatable bonds is 11. The molecule has 15 nitrogen and oxygen atoms in total. The minimum absolute atomic E-state index is 0.0433. The highest BCUT2D eigenvalue weighted by molar-refractivity contribution is 7.14. The molecule has 4 aromatic heterocycles. The molecule has 5 N–H and O–H groups in total. The zero-order valence-electron chi connectivity index (χ0n) is 36.4. The number of aryl methyl sites for hydroxylation is 2. The van der Waals surface area contributed by atoms with Gasteiger partial charge >= 0.3 is 17.9 Å². The average Bonchev–Trinajstić information content (AvgIpc) is 4.10. The summed E-state index contributed by atoms with van der Waals surface area (Å²) >= 11 is 3.33. The van der Waals surface area contributed by atoms with Crippen LogP contribution in [0.4, 0.5) is 10.3 Å². The highest BCUT2D eigenvalue weighted by Gasteiger charge is 2.28. The molecule has 1 amide bonds. The number of methoxy groups -OCH3 is 1. The van der Waals surface area contributed by atoms with E-state index in [-0.39, 0.29) is 29.8 Å². The van der Waals surface area contributed by atoms with Crippen LogP contribution in [0, 0.1) is 25.7 Å². The molecule has 8 rings (SSSR count). The van der Waals surface area contributed by atoms with E-state index >= 15 is 0 Å². The van der Waals surface area contributed by atoms with Crippen LogP contribution in [0.1, 0.15) is 133 Å². The maximum Gasteiger partial charge on any atom is 0.352 e. The number of piperidine rings is 2. The second kappa shape index (κ2) is 22.6. The first-order valence-corrected chi connectivity index (χ1v) is 23.9. The molecule has 338 valence electrons. The van der Waals surface area contributed by atoms with E-state index in [0.717, 1.165) is 84.6 Å². The van der Waals surface area contributed by atoms with Crippen LogP contribution >= 0.6 is 22.7 Å². The molecule has 2 saturated carbocycles. The highest BCUT2D eigenvalue weighted by atomic mass is 32.1. The van der Waals surface area contributed by atoms with Crippen molar-refractivity contribution < 1.29 is 34.1 Å². The lowest BCUT2D eigenvalue weighted by Crippen LogP contribution is -2.39. The van der Waals surface area contributed by atoms with Gasteiger partial charge in [-0.2, -0.15) is 0 Å². The average molecular weight is 893 g/mol. The summed E-state index contributed by atoms with van der Waals surface area (Å²) in [6.07, 6.45) is 17.8. The molecule has 0 unspecified atom stereocenters. The Labute approximate surface area is 372 Å². The van der Waals surface area contributed by atoms with E-state index in [4.69, 9.17) is 15.8 Å². The number of thiazole rings is 2. The SMILES string of the molecule is COC(=O)C1CCC(N)CC1.Cc1cc(C(=O)NC2CCC(C(=O)O)CC2)n(Cc2csc(N3CCCCC3)n2)c1.Cc1cc(C(=O)O)n(Cc2csc(N3CCCCC3)n2)c1. The monoisotopic (exact) mass is 892 g/mol. The summed E-state index contributed by atoms with van der Waals surface area (Å²) in [5, 5.41) is 27.7. The molecule has 2 aliphatic heterocycles. The summed E-state index contributed by atoms with van der Waals surface area (Å²) in [5.41, 5.74) is 10.6. The number of aromatic carboxylic acids is 1. The fourth-order valence-corrected chi connectivity index (χ4v) is 10.5. The van der Waals surface area contributed by atoms with Crippen LogP contribution in [0.25, 0.3) is 0 Å². The number of esters is 1. The summed E-state index contributed by atoms with van der Waals surface area (Å²) < 4.78 is 8.38. The Bertz CT molecular complexity index is 2080. The van der Waals surface area contributed by atoms with E-state index in [0.29, 0.717) is 56.2 Å². The predicted molar refractivity (Wildman–Crippen MR) is 243 cm³/mol. The van der Waals surface area contributed by atoms with Gasteiger partial charge in [0.05, 0.1) is 43.4 Å². The number of ether oxygens (including phenoxy) is 1. The van der Waals surface area contributed by atoms with Crippen LogP contribution in [-0.2, 0) is 27.4 Å². The minimum Gasteiger partial charge on any atom is -0.481 e. The van der Waals surface area contributed by atoms with Gasteiger partial charge in [0, 0.05) is 61.4 Å². The van der Waals surface area contributed by atoms with E-state index in [2.05, 4.69) is 30.2 Å². The highest BCUT2D eigenvalue weighted by Crippen LogP contribution is 2.28. The van der Waals surface area contributed by atoms with E-state index in [1.54, 1.807) is 33.3 Å². The van der Waals surface area contributed by atoms with Crippen molar-refractivity contribution in [2.45, 2.75) is 129 Å². The fraction of sp³-hybridized carbons (Fsp3) is 0.600. The number of carbonyl (C=O) groups excluding carboxylic acids is 2. The molecule has 2 saturated heterocycles. The minimum atomic E-state index is -0.894. The number of aromatic nitrogens is 4. The maximum atomic E-state index is 12.9. The van der Waals surface area contributed by atoms with Crippen LogP contribution in [-0.4, -0.2) is 98.5 Å². The molecule has 6 heterocycles. The Balaban J connectivity index is 0.000000173. The van der Waals surface area contributed by atoms with Crippen molar-refractivity contribution in [2.24, 2.45) is 17.6 Å². The lowest BCUT2D eigenvalue weighted by Gasteiger charge is -2.27. The molecule has 62 heavy (non-hydrogen) atoms. The van der Waals surface area contributed by atoms with Crippen LogP contribution in [0.2, 0.25) is 0 Å². The Hall–Kier alpha value is -4.74. The molecular formula is C45H64N8O7S2. The number of hydrogen-bond acceptors (Lipinski definition) is 12. The molecule has 0 atom stereocenters. The standard InChI is InChI=1S/C22H30N4O3S.C15H19N3O2S.C8H15NO2/c1-15-11-19(20(27)23-17-7-5-16(6-8-17)21(28)29)26(12-15)13-18-14-30-22(24-18)25-9-3-2-4-10-25;1-11-7-13(14(19)20)18(8-11)9-12-10-21-15(16-12)17-5-3-2-4-6-17;1-11-8(10)6-2-4-7(9)5-3-6/h11-12,14,16-17H,2-10,13H2,1H3,(H,23,27)(H,28,29);7-8,10H,2-6,9H2,1H3,(H,19,20);6-7H,2-5,9H2,1H3. The number of nitrogens with zero attached hydrogens (tertiary/aromatic N) is 6. The zero-order chi connectivity index (χ0) is 44.2. The Morgan fingerprint density at radius 3 is 1.65 bits per heavy atom. The van der Waals surface area contributed by atoms with E-state index < -0.39 is 11.9 Å². The lowest BCUT2D eigenvalue weighted by molar-refractivity contribution is -0.146. The first-order chi connectivity index (χ1) is 29.9. The Morgan fingerprint density at radius 2 is 1.18 bits per heavy atom. The molecule has 4 fully saturated rings. The summed E-state index contributed by atoms with van der Waals surface area (Å²) in [5.74, 6) is -1.95. The number of amides is 1. The molecule has 17 heteroatoms. The number of nitrogens with two attached hydrogens (primary N) is 1. The van der Waals surface area contributed by atoms with Crippen molar-refractivity contribution in [1.82, 2.24) is 24.4 Å². The van der Waals surface area contributed by atoms with Gasteiger partial charge in [0.25, 0.3) is 5.91 Å². The summed E-state index contributed by atoms with van der Waals surface area (Å²) in [6.45, 7) is 9.30. The number of hydrogen-bond donors (Lipinski definition) is 4. The van der Waals surface area contributed by atoms with Gasteiger partial charge in [-0.1, -0.05) is 0 Å². The number of anilines is 2. The van der Waals surface area contributed by atoms with Crippen molar-refractivity contribution in [2.75, 3.05) is 43.1 Å². The van der Waals surface area contributed by atoms with Crippen molar-refractivity contribution >= 4 is 56.8 Å². The molecule has 0 aromatic carbocycles. The van der Waals surface area contributed by atoms with Gasteiger partial charge in [0.15, 0.2) is 10.3 Å². The summed E-state index contributed by atoms with van der Waals surface area (Å²) in [7, 11) is 1.44. The van der Waals surface area contributed by atoms with E-state index in [9.17, 15) is 24.3 Å².